The van der Waals surface area contributed by atoms with Gasteiger partial charge in [0.05, 0.1) is 11.0 Å². The van der Waals surface area contributed by atoms with Crippen molar-refractivity contribution in [2.75, 3.05) is 0 Å². The van der Waals surface area contributed by atoms with Gasteiger partial charge < -0.3 is 25.8 Å². The van der Waals surface area contributed by atoms with Crippen LogP contribution in [0, 0.1) is 27.7 Å². The molecule has 0 saturated carbocycles. The van der Waals surface area contributed by atoms with Gasteiger partial charge in [-0.25, -0.2) is 0 Å². The van der Waals surface area contributed by atoms with E-state index in [1.807, 2.05) is 48.8 Å². The summed E-state index contributed by atoms with van der Waals surface area (Å²) >= 11 is 0. The normalized spacial score (nSPS) is 13.1. The third kappa shape index (κ3) is 10.3. The minimum absolute atomic E-state index is 0.274. The van der Waals surface area contributed by atoms with E-state index in [-0.39, 0.29) is 21.7 Å². The highest BCUT2D eigenvalue weighted by molar-refractivity contribution is 7.32. The van der Waals surface area contributed by atoms with E-state index in [4.69, 9.17) is 35.8 Å². The molecule has 6 aromatic carbocycles. The van der Waals surface area contributed by atoms with E-state index in [0.717, 1.165) is 110 Å². The predicted molar refractivity (Wildman–Crippen MR) is 338 cm³/mol. The maximum absolute atomic E-state index is 7.88. The summed E-state index contributed by atoms with van der Waals surface area (Å²) in [5.41, 5.74) is 15.5. The van der Waals surface area contributed by atoms with Crippen molar-refractivity contribution in [3.05, 3.63) is 153 Å². The summed E-state index contributed by atoms with van der Waals surface area (Å²) in [5, 5.41) is 5.67. The van der Waals surface area contributed by atoms with Gasteiger partial charge in [-0.15, -0.1) is 0 Å². The third-order valence-corrected chi connectivity index (χ3v) is 17.7. The molecule has 80 heavy (non-hydrogen) atoms. The lowest BCUT2D eigenvalue weighted by Gasteiger charge is -2.34. The number of aromatic nitrogens is 2. The summed E-state index contributed by atoms with van der Waals surface area (Å²) < 4.78 is 45.0. The van der Waals surface area contributed by atoms with E-state index in [2.05, 4.69) is 201 Å². The molecule has 0 saturated heterocycles. The molecule has 0 fully saturated rings. The van der Waals surface area contributed by atoms with Gasteiger partial charge in [-0.1, -0.05) is 161 Å². The van der Waals surface area contributed by atoms with Crippen molar-refractivity contribution in [3.8, 4) is 22.6 Å². The first-order chi connectivity index (χ1) is 37.1. The Hall–Kier alpha value is -6.46. The van der Waals surface area contributed by atoms with Crippen molar-refractivity contribution >= 4 is 82.2 Å². The molecule has 8 nitrogen and oxygen atoms in total. The molecule has 10 rings (SSSR count). The first kappa shape index (κ1) is 56.8. The van der Waals surface area contributed by atoms with Crippen LogP contribution in [0.1, 0.15) is 180 Å². The maximum atomic E-state index is 7.88. The zero-order valence-electron chi connectivity index (χ0n) is 51.5. The molecule has 10 heteroatoms. The Morgan fingerprint density at radius 3 is 1.04 bits per heavy atom. The smallest absolute Gasteiger partial charge is 0.390 e. The molecule has 0 amide bonds. The van der Waals surface area contributed by atoms with Crippen LogP contribution in [0.25, 0.3) is 76.8 Å². The second-order valence-electron chi connectivity index (χ2n) is 28.5. The Labute approximate surface area is 476 Å². The van der Waals surface area contributed by atoms with Gasteiger partial charge in [0.15, 0.2) is 0 Å². The second kappa shape index (κ2) is 19.6. The van der Waals surface area contributed by atoms with Gasteiger partial charge in [0.25, 0.3) is 0 Å². The van der Waals surface area contributed by atoms with Crippen LogP contribution in [-0.2, 0) is 32.5 Å². The Kier molecular flexibility index (Phi) is 13.9. The van der Waals surface area contributed by atoms with Crippen LogP contribution in [0.2, 0.25) is 0 Å². The van der Waals surface area contributed by atoms with E-state index >= 15 is 0 Å². The molecule has 4 aromatic heterocycles. The molecule has 0 aliphatic carbocycles. The van der Waals surface area contributed by atoms with Gasteiger partial charge >= 0.3 is 16.5 Å². The Morgan fingerprint density at radius 1 is 0.362 bits per heavy atom. The topological polar surface area (TPSA) is 96.8 Å². The number of hydrogen-bond donors (Lipinski definition) is 0. The van der Waals surface area contributed by atoms with Crippen LogP contribution in [0.15, 0.2) is 114 Å². The predicted octanol–water partition coefficient (Wildman–Crippen LogP) is 22.4. The molecule has 0 atom stereocenters. The lowest BCUT2D eigenvalue weighted by molar-refractivity contribution is 0.467. The molecule has 418 valence electrons. The largest absolute Gasteiger partial charge is 0.453 e. The molecule has 0 aliphatic rings. The van der Waals surface area contributed by atoms with Gasteiger partial charge in [0.1, 0.15) is 33.8 Å². The molecule has 4 heterocycles. The van der Waals surface area contributed by atoms with E-state index in [0.29, 0.717) is 22.7 Å². The van der Waals surface area contributed by atoms with Crippen molar-refractivity contribution in [1.29, 1.82) is 0 Å². The average Bonchev–Trinajstić information content (AvgIpc) is 3.77. The number of hydrogen-bond acceptors (Lipinski definition) is 8. The number of aryl methyl sites for hydroxylation is 2. The first-order valence-corrected chi connectivity index (χ1v) is 30.4. The van der Waals surface area contributed by atoms with Crippen LogP contribution in [0.3, 0.4) is 0 Å². The second-order valence-corrected chi connectivity index (χ2v) is 30.5. The van der Waals surface area contributed by atoms with Gasteiger partial charge in [0.2, 0.25) is 0 Å². The number of benzene rings is 6. The Morgan fingerprint density at radius 2 is 0.700 bits per heavy atom. The standard InChI is InChI=1S/C70H82N2O6P2/c1-39-33-45-46-34-40(2)36-50(68(14,15)16)62(46)76-80(75-61(45)49(35-39)67(11,12)13)78-64-52(70(20,21)22)38-48(66(8,9)10)42(4)58(64)57-41(3)47(65(5,6)7)37-51(69(17,18)19)63(57)77-79-73-55-29-27-53-43(25-23-31-71-53)59(55)60-44-26-24-32-72-54(44)28-30-56(60)74-79/h23-38H,1-22H3. The molecule has 10 aromatic rings. The molecule has 0 radical (unpaired) electrons. The van der Waals surface area contributed by atoms with Crippen LogP contribution in [-0.4, -0.2) is 9.97 Å². The van der Waals surface area contributed by atoms with Crippen molar-refractivity contribution in [2.24, 2.45) is 0 Å². The Bertz CT molecular complexity index is 4050. The van der Waals surface area contributed by atoms with Crippen molar-refractivity contribution in [3.63, 3.8) is 0 Å². The van der Waals surface area contributed by atoms with Crippen molar-refractivity contribution < 1.29 is 25.8 Å². The van der Waals surface area contributed by atoms with Crippen molar-refractivity contribution in [1.82, 2.24) is 9.97 Å². The molecule has 0 unspecified atom stereocenters. The highest BCUT2D eigenvalue weighted by Gasteiger charge is 2.37. The van der Waals surface area contributed by atoms with Gasteiger partial charge in [0, 0.05) is 78.1 Å². The minimum Gasteiger partial charge on any atom is -0.390 e. The molecule has 0 bridgehead atoms. The van der Waals surface area contributed by atoms with Gasteiger partial charge in [-0.3, -0.25) is 9.97 Å². The van der Waals surface area contributed by atoms with Gasteiger partial charge in [-0.2, -0.15) is 0 Å². The Balaban J connectivity index is 1.39. The summed E-state index contributed by atoms with van der Waals surface area (Å²) in [7, 11) is -4.40. The fraction of sp³-hybridized carbons (Fsp3) is 0.400. The van der Waals surface area contributed by atoms with Gasteiger partial charge in [-0.05, 0) is 142 Å². The third-order valence-electron chi connectivity index (χ3n) is 15.7. The summed E-state index contributed by atoms with van der Waals surface area (Å²) in [4.78, 5) is 9.57. The van der Waals surface area contributed by atoms with Crippen LogP contribution < -0.4 is 9.05 Å². The highest BCUT2D eigenvalue weighted by Crippen LogP contribution is 2.57. The number of fused-ring (bicyclic) bond motifs is 10. The zero-order valence-corrected chi connectivity index (χ0v) is 53.3. The zero-order chi connectivity index (χ0) is 58.1. The molecular formula is C70H82N2O6P2. The van der Waals surface area contributed by atoms with Crippen LogP contribution in [0.4, 0.5) is 0 Å². The summed E-state index contributed by atoms with van der Waals surface area (Å²) in [5.74, 6) is 1.36. The van der Waals surface area contributed by atoms with Crippen molar-refractivity contribution in [2.45, 2.75) is 185 Å². The average molecular weight is 1110 g/mol. The SMILES string of the molecule is Cc1cc(C(C)(C)C)c2op(Oc3c(C(C)(C)C)cc(C(C)(C)C)c(C)c3-c3c(C)c(C(C)(C)C)cc(C(C)(C)C)c3Op3oc4ccc5ncccc5c4c4c(ccc5ncccc54)o3)oc3c(C(C)(C)C)cc(C)cc3c2c1. The molecule has 0 spiro atoms. The number of pyridine rings is 2. The monoisotopic (exact) mass is 1110 g/mol. The van der Waals surface area contributed by atoms with E-state index < -0.39 is 27.3 Å². The lowest BCUT2D eigenvalue weighted by Crippen LogP contribution is -2.22. The maximum Gasteiger partial charge on any atom is 0.453 e. The summed E-state index contributed by atoms with van der Waals surface area (Å²) in [6.45, 7) is 49.7. The molecule has 0 N–H and O–H groups in total. The summed E-state index contributed by atoms with van der Waals surface area (Å²) in [6.07, 6.45) is 3.65. The fourth-order valence-corrected chi connectivity index (χ4v) is 14.0. The molecule has 0 aliphatic heterocycles. The van der Waals surface area contributed by atoms with E-state index in [1.165, 1.54) is 11.1 Å². The van der Waals surface area contributed by atoms with E-state index in [9.17, 15) is 0 Å². The fourth-order valence-electron chi connectivity index (χ4n) is 11.7. The van der Waals surface area contributed by atoms with E-state index in [1.54, 1.807) is 0 Å². The highest BCUT2D eigenvalue weighted by atomic mass is 31.1. The number of rotatable bonds is 5. The number of nitrogens with zero attached hydrogens (tertiary/aromatic N) is 2. The molecular weight excluding hydrogens is 1030 g/mol. The minimum atomic E-state index is -2.20. The quantitative estimate of drug-likeness (QED) is 0.168. The summed E-state index contributed by atoms with van der Waals surface area (Å²) in [6, 6.07) is 29.9. The lowest BCUT2D eigenvalue weighted by atomic mass is 9.72. The first-order valence-electron chi connectivity index (χ1n) is 28.2. The van der Waals surface area contributed by atoms with Crippen LogP contribution in [0.5, 0.6) is 11.5 Å². The van der Waals surface area contributed by atoms with Crippen LogP contribution >= 0.6 is 16.5 Å².